The lowest BCUT2D eigenvalue weighted by molar-refractivity contribution is -0.160. The number of hydrogen-bond acceptors (Lipinski definition) is 5. The van der Waals surface area contributed by atoms with Gasteiger partial charge in [0.1, 0.15) is 0 Å². The second-order valence-electron chi connectivity index (χ2n) is 11.2. The number of hydrogen-bond donors (Lipinski definition) is 1. The molecule has 1 aliphatic heterocycles. The summed E-state index contributed by atoms with van der Waals surface area (Å²) in [6.07, 6.45) is -1.28. The molecule has 1 N–H and O–H groups in total. The van der Waals surface area contributed by atoms with Crippen LogP contribution in [0.3, 0.4) is 0 Å². The van der Waals surface area contributed by atoms with Gasteiger partial charge in [-0.05, 0) is 77.8 Å². The zero-order chi connectivity index (χ0) is 27.5. The normalized spacial score (nSPS) is 16.2. The van der Waals surface area contributed by atoms with E-state index in [4.69, 9.17) is 16.3 Å². The Hall–Kier alpha value is -3.42. The molecule has 2 aromatic heterocycles. The molecule has 0 unspecified atom stereocenters. The number of anilines is 2. The Balaban J connectivity index is 1.93. The zero-order valence-electron chi connectivity index (χ0n) is 22.8. The molecule has 7 nitrogen and oxygen atoms in total. The standard InChI is InChI=1S/C30H33ClN4O3/c1-16-8-11-20(12-9-16)23-21-14-18(3)35-19(4)15-34(22-13-10-17(2)32-33-22)27(26(21)35)25(31)24(23)28(29(36)37)38-30(5,6)7/h8-14,19,28H,15H2,1-7H3,(H,36,37)/t19-,28-/m0/s1. The van der Waals surface area contributed by atoms with Gasteiger partial charge in [0.15, 0.2) is 11.9 Å². The Morgan fingerprint density at radius 3 is 2.37 bits per heavy atom. The van der Waals surface area contributed by atoms with E-state index in [1.54, 1.807) is 0 Å². The van der Waals surface area contributed by atoms with Gasteiger partial charge in [0.05, 0.1) is 27.5 Å². The van der Waals surface area contributed by atoms with E-state index in [0.717, 1.165) is 44.7 Å². The SMILES string of the molecule is Cc1ccc(-c2c([C@H](OC(C)(C)C)C(=O)O)c(Cl)c3c4c2cc(C)n4[C@@H](C)CN3c2ccc(C)nn2)cc1. The molecule has 38 heavy (non-hydrogen) atoms. The third kappa shape index (κ3) is 4.44. The average molecular weight is 533 g/mol. The highest BCUT2D eigenvalue weighted by Gasteiger charge is 2.38. The third-order valence-corrected chi connectivity index (χ3v) is 7.34. The molecule has 0 saturated carbocycles. The lowest BCUT2D eigenvalue weighted by Gasteiger charge is -2.37. The van der Waals surface area contributed by atoms with Gasteiger partial charge in [0, 0.05) is 29.2 Å². The van der Waals surface area contributed by atoms with Crippen LogP contribution in [0.4, 0.5) is 11.5 Å². The Labute approximate surface area is 228 Å². The van der Waals surface area contributed by atoms with Gasteiger partial charge in [-0.3, -0.25) is 0 Å². The van der Waals surface area contributed by atoms with Crippen LogP contribution in [0.1, 0.15) is 62.4 Å². The van der Waals surface area contributed by atoms with Crippen molar-refractivity contribution in [2.45, 2.75) is 66.2 Å². The number of rotatable bonds is 5. The van der Waals surface area contributed by atoms with Crippen LogP contribution < -0.4 is 4.90 Å². The Kier molecular flexibility index (Phi) is 6.48. The fraction of sp³-hybridized carbons (Fsp3) is 0.367. The molecule has 198 valence electrons. The van der Waals surface area contributed by atoms with E-state index < -0.39 is 17.7 Å². The summed E-state index contributed by atoms with van der Waals surface area (Å²) in [5, 5.41) is 20.5. The molecule has 0 radical (unpaired) electrons. The summed E-state index contributed by atoms with van der Waals surface area (Å²) in [5.41, 5.74) is 6.06. The summed E-state index contributed by atoms with van der Waals surface area (Å²) in [4.78, 5) is 14.9. The topological polar surface area (TPSA) is 80.5 Å². The number of aryl methyl sites for hydroxylation is 3. The number of aromatic nitrogens is 3. The van der Waals surface area contributed by atoms with Crippen molar-refractivity contribution >= 4 is 40.0 Å². The van der Waals surface area contributed by atoms with Gasteiger partial charge in [-0.25, -0.2) is 4.79 Å². The Bertz CT molecular complexity index is 1540. The molecule has 1 aliphatic rings. The van der Waals surface area contributed by atoms with Crippen LogP contribution in [0, 0.1) is 20.8 Å². The molecular weight excluding hydrogens is 500 g/mol. The summed E-state index contributed by atoms with van der Waals surface area (Å²) >= 11 is 7.33. The molecule has 3 heterocycles. The first-order valence-electron chi connectivity index (χ1n) is 12.8. The molecule has 2 aromatic carbocycles. The van der Waals surface area contributed by atoms with E-state index in [9.17, 15) is 9.90 Å². The highest BCUT2D eigenvalue weighted by atomic mass is 35.5. The largest absolute Gasteiger partial charge is 0.479 e. The van der Waals surface area contributed by atoms with Crippen LogP contribution in [0.15, 0.2) is 42.5 Å². The minimum absolute atomic E-state index is 0.122. The Morgan fingerprint density at radius 1 is 1.11 bits per heavy atom. The lowest BCUT2D eigenvalue weighted by atomic mass is 9.90. The summed E-state index contributed by atoms with van der Waals surface area (Å²) in [6, 6.07) is 14.2. The van der Waals surface area contributed by atoms with Crippen LogP contribution in [0.25, 0.3) is 22.0 Å². The molecule has 5 rings (SSSR count). The smallest absolute Gasteiger partial charge is 0.337 e. The molecule has 0 aliphatic carbocycles. The minimum Gasteiger partial charge on any atom is -0.479 e. The maximum atomic E-state index is 12.8. The maximum absolute atomic E-state index is 12.8. The molecule has 0 spiro atoms. The van der Waals surface area contributed by atoms with Crippen LogP contribution in [-0.4, -0.2) is 38.0 Å². The van der Waals surface area contributed by atoms with Crippen LogP contribution in [0.5, 0.6) is 0 Å². The van der Waals surface area contributed by atoms with Gasteiger partial charge in [-0.2, -0.15) is 5.10 Å². The fourth-order valence-corrected chi connectivity index (χ4v) is 5.82. The van der Waals surface area contributed by atoms with Crippen molar-refractivity contribution in [3.63, 3.8) is 0 Å². The second-order valence-corrected chi connectivity index (χ2v) is 11.6. The minimum atomic E-state index is -1.28. The van der Waals surface area contributed by atoms with Gasteiger partial charge in [0.25, 0.3) is 0 Å². The van der Waals surface area contributed by atoms with E-state index in [1.807, 2.05) is 71.0 Å². The average Bonchev–Trinajstić information content (AvgIpc) is 3.18. The van der Waals surface area contributed by atoms with Crippen LogP contribution >= 0.6 is 11.6 Å². The number of benzene rings is 2. The van der Waals surface area contributed by atoms with Crippen LogP contribution in [-0.2, 0) is 9.53 Å². The molecule has 0 saturated heterocycles. The lowest BCUT2D eigenvalue weighted by Crippen LogP contribution is -2.33. The number of halogens is 1. The summed E-state index contributed by atoms with van der Waals surface area (Å²) in [6.45, 7) is 14.3. The van der Waals surface area contributed by atoms with Gasteiger partial charge in [-0.1, -0.05) is 41.4 Å². The van der Waals surface area contributed by atoms with Crippen molar-refractivity contribution in [2.24, 2.45) is 0 Å². The predicted molar refractivity (Wildman–Crippen MR) is 152 cm³/mol. The zero-order valence-corrected chi connectivity index (χ0v) is 23.6. The molecule has 2 atom stereocenters. The number of carboxylic acid groups (broad SMARTS) is 1. The third-order valence-electron chi connectivity index (χ3n) is 6.95. The predicted octanol–water partition coefficient (Wildman–Crippen LogP) is 7.33. The summed E-state index contributed by atoms with van der Waals surface area (Å²) < 4.78 is 8.48. The quantitative estimate of drug-likeness (QED) is 0.290. The fourth-order valence-electron chi connectivity index (χ4n) is 5.43. The molecule has 0 amide bonds. The molecule has 4 aromatic rings. The number of carboxylic acids is 1. The highest BCUT2D eigenvalue weighted by Crippen LogP contribution is 2.52. The van der Waals surface area contributed by atoms with Crippen molar-refractivity contribution in [2.75, 3.05) is 11.4 Å². The van der Waals surface area contributed by atoms with E-state index in [1.165, 1.54) is 0 Å². The summed E-state index contributed by atoms with van der Waals surface area (Å²) in [7, 11) is 0. The van der Waals surface area contributed by atoms with Gasteiger partial charge < -0.3 is 19.3 Å². The first-order chi connectivity index (χ1) is 17.9. The molecule has 0 fully saturated rings. The molecular formula is C30H33ClN4O3. The van der Waals surface area contributed by atoms with E-state index in [-0.39, 0.29) is 6.04 Å². The number of nitrogens with zero attached hydrogens (tertiary/aromatic N) is 4. The van der Waals surface area contributed by atoms with E-state index in [0.29, 0.717) is 22.9 Å². The van der Waals surface area contributed by atoms with Crippen molar-refractivity contribution in [1.29, 1.82) is 0 Å². The number of carbonyl (C=O) groups is 1. The van der Waals surface area contributed by atoms with E-state index in [2.05, 4.69) is 39.6 Å². The molecule has 8 heteroatoms. The van der Waals surface area contributed by atoms with Crippen molar-refractivity contribution in [3.05, 3.63) is 70.0 Å². The monoisotopic (exact) mass is 532 g/mol. The maximum Gasteiger partial charge on any atom is 0.337 e. The first kappa shape index (κ1) is 26.2. The number of ether oxygens (including phenoxy) is 1. The van der Waals surface area contributed by atoms with E-state index >= 15 is 0 Å². The Morgan fingerprint density at radius 2 is 1.79 bits per heavy atom. The van der Waals surface area contributed by atoms with Gasteiger partial charge in [-0.15, -0.1) is 5.10 Å². The van der Waals surface area contributed by atoms with Crippen molar-refractivity contribution < 1.29 is 14.6 Å². The highest BCUT2D eigenvalue weighted by molar-refractivity contribution is 6.37. The van der Waals surface area contributed by atoms with Crippen molar-refractivity contribution in [3.8, 4) is 11.1 Å². The van der Waals surface area contributed by atoms with Gasteiger partial charge >= 0.3 is 5.97 Å². The second kappa shape index (κ2) is 9.40. The van der Waals surface area contributed by atoms with Crippen molar-refractivity contribution in [1.82, 2.24) is 14.8 Å². The van der Waals surface area contributed by atoms with Gasteiger partial charge in [0.2, 0.25) is 0 Å². The molecule has 0 bridgehead atoms. The van der Waals surface area contributed by atoms with Crippen LogP contribution in [0.2, 0.25) is 5.02 Å². The first-order valence-corrected chi connectivity index (χ1v) is 13.2. The summed E-state index contributed by atoms with van der Waals surface area (Å²) in [5.74, 6) is -0.433. The number of aliphatic carboxylic acids is 1.